The molecule has 4 aromatic rings. The van der Waals surface area contributed by atoms with Crippen molar-refractivity contribution >= 4 is 34.0 Å². The van der Waals surface area contributed by atoms with Gasteiger partial charge in [-0.1, -0.05) is 41.1 Å². The monoisotopic (exact) mass is 417 g/mol. The van der Waals surface area contributed by atoms with Crippen molar-refractivity contribution < 1.29 is 8.78 Å². The van der Waals surface area contributed by atoms with Gasteiger partial charge in [0, 0.05) is 12.0 Å². The fraction of sp³-hybridized carbons (Fsp3) is 0.0526. The lowest BCUT2D eigenvalue weighted by atomic mass is 10.1. The van der Waals surface area contributed by atoms with Crippen molar-refractivity contribution in [1.82, 2.24) is 14.6 Å². The predicted octanol–water partition coefficient (Wildman–Crippen LogP) is 2.58. The lowest BCUT2D eigenvalue weighted by Crippen LogP contribution is -2.28. The zero-order valence-electron chi connectivity index (χ0n) is 14.0. The van der Waals surface area contributed by atoms with E-state index in [0.29, 0.717) is 5.56 Å². The molecule has 0 N–H and O–H groups in total. The third-order valence-electron chi connectivity index (χ3n) is 4.01. The van der Waals surface area contributed by atoms with Gasteiger partial charge in [-0.3, -0.25) is 9.59 Å². The molecule has 28 heavy (non-hydrogen) atoms. The minimum atomic E-state index is -0.582. The highest BCUT2D eigenvalue weighted by Crippen LogP contribution is 2.19. The predicted molar refractivity (Wildman–Crippen MR) is 103 cm³/mol. The van der Waals surface area contributed by atoms with Crippen LogP contribution in [0.1, 0.15) is 16.8 Å². The van der Waals surface area contributed by atoms with E-state index < -0.39 is 22.8 Å². The van der Waals surface area contributed by atoms with Gasteiger partial charge < -0.3 is 0 Å². The Labute approximate surface area is 165 Å². The van der Waals surface area contributed by atoms with E-state index in [1.807, 2.05) is 0 Å². The van der Waals surface area contributed by atoms with Crippen LogP contribution < -0.4 is 15.7 Å². The molecule has 0 fully saturated rings. The Morgan fingerprint density at radius 1 is 1.11 bits per heavy atom. The molecule has 0 atom stereocenters. The largest absolute Gasteiger partial charge is 0.296 e. The summed E-state index contributed by atoms with van der Waals surface area (Å²) in [6.45, 7) is 0. The molecule has 2 aromatic carbocycles. The maximum Gasteiger partial charge on any atom is 0.296 e. The van der Waals surface area contributed by atoms with Gasteiger partial charge in [-0.2, -0.15) is 14.6 Å². The standard InChI is InChI=1S/C19H10ClF2N3O2S/c20-13-2-1-3-14(22)12(13)9-16-18(27)25-19(28-16)23-17(26)15(24-25)8-10-4-6-11(21)7-5-10/h1-7,9H,8H2/b16-9+. The molecule has 0 saturated carbocycles. The average molecular weight is 418 g/mol. The molecule has 0 aliphatic heterocycles. The van der Waals surface area contributed by atoms with Gasteiger partial charge in [0.15, 0.2) is 0 Å². The fourth-order valence-corrected chi connectivity index (χ4v) is 3.73. The number of benzene rings is 2. The summed E-state index contributed by atoms with van der Waals surface area (Å²) in [7, 11) is 0. The number of halogens is 3. The first-order chi connectivity index (χ1) is 13.4. The van der Waals surface area contributed by atoms with Crippen molar-refractivity contribution in [2.45, 2.75) is 6.42 Å². The second kappa shape index (κ2) is 7.21. The van der Waals surface area contributed by atoms with E-state index in [0.717, 1.165) is 15.9 Å². The van der Waals surface area contributed by atoms with Crippen LogP contribution in [-0.2, 0) is 6.42 Å². The second-order valence-electron chi connectivity index (χ2n) is 5.91. The van der Waals surface area contributed by atoms with E-state index in [4.69, 9.17) is 11.6 Å². The maximum absolute atomic E-state index is 14.0. The quantitative estimate of drug-likeness (QED) is 0.514. The number of nitrogens with zero attached hydrogens (tertiary/aromatic N) is 3. The van der Waals surface area contributed by atoms with Gasteiger partial charge >= 0.3 is 0 Å². The summed E-state index contributed by atoms with van der Waals surface area (Å²) in [6.07, 6.45) is 1.41. The summed E-state index contributed by atoms with van der Waals surface area (Å²) in [6, 6.07) is 9.79. The number of rotatable bonds is 3. The molecule has 2 aromatic heterocycles. The number of hydrogen-bond acceptors (Lipinski definition) is 5. The molecule has 0 aliphatic rings. The second-order valence-corrected chi connectivity index (χ2v) is 7.33. The molecule has 0 radical (unpaired) electrons. The summed E-state index contributed by atoms with van der Waals surface area (Å²) in [5.41, 5.74) is -0.342. The number of hydrogen-bond donors (Lipinski definition) is 0. The van der Waals surface area contributed by atoms with Crippen LogP contribution >= 0.6 is 22.9 Å². The van der Waals surface area contributed by atoms with E-state index in [9.17, 15) is 18.4 Å². The Bertz CT molecular complexity index is 1350. The first-order valence-corrected chi connectivity index (χ1v) is 9.25. The number of aromatic nitrogens is 3. The molecule has 0 saturated heterocycles. The van der Waals surface area contributed by atoms with E-state index >= 15 is 0 Å². The lowest BCUT2D eigenvalue weighted by molar-refractivity contribution is 0.625. The number of thiazole rings is 1. The fourth-order valence-electron chi connectivity index (χ4n) is 2.63. The summed E-state index contributed by atoms with van der Waals surface area (Å²) in [4.78, 5) is 28.9. The van der Waals surface area contributed by atoms with Crippen molar-refractivity contribution in [2.75, 3.05) is 0 Å². The summed E-state index contributed by atoms with van der Waals surface area (Å²) < 4.78 is 28.2. The highest BCUT2D eigenvalue weighted by atomic mass is 35.5. The highest BCUT2D eigenvalue weighted by molar-refractivity contribution is 7.15. The Balaban J connectivity index is 1.84. The third-order valence-corrected chi connectivity index (χ3v) is 5.30. The topological polar surface area (TPSA) is 64.3 Å². The van der Waals surface area contributed by atoms with E-state index in [-0.39, 0.29) is 32.2 Å². The Morgan fingerprint density at radius 2 is 1.86 bits per heavy atom. The number of fused-ring (bicyclic) bond motifs is 1. The van der Waals surface area contributed by atoms with Crippen molar-refractivity contribution in [1.29, 1.82) is 0 Å². The minimum Gasteiger partial charge on any atom is -0.266 e. The molecule has 5 nitrogen and oxygen atoms in total. The molecule has 0 aliphatic carbocycles. The van der Waals surface area contributed by atoms with Gasteiger partial charge in [0.1, 0.15) is 17.3 Å². The van der Waals surface area contributed by atoms with Crippen LogP contribution in [0.2, 0.25) is 5.02 Å². The Kier molecular flexibility index (Phi) is 4.74. The van der Waals surface area contributed by atoms with Crippen LogP contribution in [0.3, 0.4) is 0 Å². The van der Waals surface area contributed by atoms with Crippen LogP contribution in [0.25, 0.3) is 11.0 Å². The molecular weight excluding hydrogens is 408 g/mol. The van der Waals surface area contributed by atoms with Crippen LogP contribution in [-0.4, -0.2) is 14.6 Å². The molecule has 0 bridgehead atoms. The molecular formula is C19H10ClF2N3O2S. The third kappa shape index (κ3) is 3.44. The maximum atomic E-state index is 14.0. The molecule has 0 spiro atoms. The molecule has 0 unspecified atom stereocenters. The normalized spacial score (nSPS) is 12.0. The van der Waals surface area contributed by atoms with Crippen molar-refractivity contribution in [3.05, 3.63) is 101 Å². The highest BCUT2D eigenvalue weighted by Gasteiger charge is 2.13. The van der Waals surface area contributed by atoms with Crippen molar-refractivity contribution in [3.8, 4) is 0 Å². The van der Waals surface area contributed by atoms with Gasteiger partial charge in [-0.05, 0) is 35.9 Å². The van der Waals surface area contributed by atoms with Gasteiger partial charge in [-0.25, -0.2) is 8.78 Å². The summed E-state index contributed by atoms with van der Waals surface area (Å²) >= 11 is 6.91. The molecule has 0 amide bonds. The first kappa shape index (κ1) is 18.4. The van der Waals surface area contributed by atoms with Gasteiger partial charge in [-0.15, -0.1) is 0 Å². The lowest BCUT2D eigenvalue weighted by Gasteiger charge is -2.00. The summed E-state index contributed by atoms with van der Waals surface area (Å²) in [5.74, 6) is -0.967. The van der Waals surface area contributed by atoms with Gasteiger partial charge in [0.05, 0.1) is 9.55 Å². The molecule has 4 rings (SSSR count). The molecule has 140 valence electrons. The van der Waals surface area contributed by atoms with Crippen LogP contribution in [0.5, 0.6) is 0 Å². The van der Waals surface area contributed by atoms with Gasteiger partial charge in [0.25, 0.3) is 11.1 Å². The van der Waals surface area contributed by atoms with Crippen LogP contribution in [0.15, 0.2) is 52.1 Å². The van der Waals surface area contributed by atoms with Crippen LogP contribution in [0.4, 0.5) is 8.78 Å². The van der Waals surface area contributed by atoms with Crippen LogP contribution in [0, 0.1) is 11.6 Å². The zero-order valence-corrected chi connectivity index (χ0v) is 15.6. The minimum absolute atomic E-state index is 0.0504. The Hall–Kier alpha value is -2.97. The van der Waals surface area contributed by atoms with Crippen molar-refractivity contribution in [3.63, 3.8) is 0 Å². The van der Waals surface area contributed by atoms with Crippen molar-refractivity contribution in [2.24, 2.45) is 0 Å². The average Bonchev–Trinajstić information content (AvgIpc) is 2.95. The van der Waals surface area contributed by atoms with E-state index in [2.05, 4.69) is 10.1 Å². The first-order valence-electron chi connectivity index (χ1n) is 8.05. The molecule has 2 heterocycles. The Morgan fingerprint density at radius 3 is 2.57 bits per heavy atom. The molecule has 9 heteroatoms. The zero-order chi connectivity index (χ0) is 19.8. The SMILES string of the molecule is O=c1nc2s/c(=C/c3c(F)cccc3Cl)c(=O)n2nc1Cc1ccc(F)cc1. The smallest absolute Gasteiger partial charge is 0.266 e. The van der Waals surface area contributed by atoms with Gasteiger partial charge in [0.2, 0.25) is 4.96 Å². The van der Waals surface area contributed by atoms with E-state index in [1.165, 1.54) is 48.5 Å². The summed E-state index contributed by atoms with van der Waals surface area (Å²) in [5, 5.41) is 4.25. The van der Waals surface area contributed by atoms with E-state index in [1.54, 1.807) is 0 Å².